The molecule has 4 heteroatoms. The Morgan fingerprint density at radius 1 is 0.500 bits per heavy atom. The zero-order valence-electron chi connectivity index (χ0n) is 19.7. The van der Waals surface area contributed by atoms with Gasteiger partial charge < -0.3 is 8.83 Å². The SMILES string of the molecule is C[Si](C)(CCc1ccccc1)c1ccc(-c2ccc([Si](C)(C)CCc3ccccc3)o2)o1. The van der Waals surface area contributed by atoms with Crippen LogP contribution in [0.25, 0.3) is 11.5 Å². The van der Waals surface area contributed by atoms with E-state index in [4.69, 9.17) is 8.83 Å². The summed E-state index contributed by atoms with van der Waals surface area (Å²) in [5.74, 6) is 1.72. The molecule has 0 unspecified atom stereocenters. The Morgan fingerprint density at radius 3 is 1.25 bits per heavy atom. The van der Waals surface area contributed by atoms with Crippen LogP contribution in [-0.4, -0.2) is 16.1 Å². The highest BCUT2D eigenvalue weighted by molar-refractivity contribution is 6.89. The fourth-order valence-corrected chi connectivity index (χ4v) is 8.28. The molecular formula is C28H34O2Si2. The highest BCUT2D eigenvalue weighted by atomic mass is 28.3. The van der Waals surface area contributed by atoms with Crippen LogP contribution < -0.4 is 10.8 Å². The van der Waals surface area contributed by atoms with Crippen molar-refractivity contribution in [1.29, 1.82) is 0 Å². The number of hydrogen-bond donors (Lipinski definition) is 0. The fourth-order valence-electron chi connectivity index (χ4n) is 4.12. The predicted molar refractivity (Wildman–Crippen MR) is 141 cm³/mol. The zero-order valence-corrected chi connectivity index (χ0v) is 21.7. The van der Waals surface area contributed by atoms with Gasteiger partial charge in [0.2, 0.25) is 0 Å². The summed E-state index contributed by atoms with van der Waals surface area (Å²) in [6.07, 6.45) is 2.20. The van der Waals surface area contributed by atoms with E-state index in [1.54, 1.807) is 0 Å². The van der Waals surface area contributed by atoms with Crippen LogP contribution in [0.5, 0.6) is 0 Å². The van der Waals surface area contributed by atoms with Gasteiger partial charge in [-0.2, -0.15) is 0 Å². The van der Waals surface area contributed by atoms with Crippen molar-refractivity contribution < 1.29 is 8.83 Å². The molecule has 0 amide bonds. The molecule has 0 fully saturated rings. The first kappa shape index (κ1) is 22.6. The molecule has 0 atom stereocenters. The molecule has 166 valence electrons. The zero-order chi connectivity index (χ0) is 22.6. The third-order valence-electron chi connectivity index (χ3n) is 6.55. The van der Waals surface area contributed by atoms with Crippen molar-refractivity contribution in [3.8, 4) is 11.5 Å². The summed E-state index contributed by atoms with van der Waals surface area (Å²) in [7, 11) is -3.31. The Balaban J connectivity index is 1.43. The quantitative estimate of drug-likeness (QED) is 0.256. The largest absolute Gasteiger partial charge is 0.463 e. The van der Waals surface area contributed by atoms with Crippen molar-refractivity contribution in [1.82, 2.24) is 0 Å². The van der Waals surface area contributed by atoms with Crippen molar-refractivity contribution in [3.05, 3.63) is 96.1 Å². The lowest BCUT2D eigenvalue weighted by molar-refractivity contribution is 0.552. The fraction of sp³-hybridized carbons (Fsp3) is 0.286. The summed E-state index contributed by atoms with van der Waals surface area (Å²) in [5, 5.41) is 2.31. The lowest BCUT2D eigenvalue weighted by atomic mass is 10.2. The van der Waals surface area contributed by atoms with Gasteiger partial charge in [-0.15, -0.1) is 0 Å². The van der Waals surface area contributed by atoms with Gasteiger partial charge in [0.15, 0.2) is 11.5 Å². The van der Waals surface area contributed by atoms with E-state index in [0.717, 1.165) is 35.1 Å². The van der Waals surface area contributed by atoms with Crippen LogP contribution in [0.3, 0.4) is 0 Å². The van der Waals surface area contributed by atoms with Crippen LogP contribution in [0.1, 0.15) is 11.1 Å². The molecule has 0 radical (unpaired) electrons. The molecule has 2 aromatic heterocycles. The van der Waals surface area contributed by atoms with E-state index < -0.39 is 16.1 Å². The Bertz CT molecular complexity index is 1030. The van der Waals surface area contributed by atoms with Crippen LogP contribution in [0.15, 0.2) is 93.8 Å². The average molecular weight is 459 g/mol. The van der Waals surface area contributed by atoms with Gasteiger partial charge in [0.05, 0.1) is 10.8 Å². The second-order valence-electron chi connectivity index (χ2n) is 10.1. The maximum atomic E-state index is 6.36. The average Bonchev–Trinajstić information content (AvgIpc) is 3.49. The number of rotatable bonds is 9. The molecule has 0 saturated heterocycles. The van der Waals surface area contributed by atoms with Crippen molar-refractivity contribution in [3.63, 3.8) is 0 Å². The highest BCUT2D eigenvalue weighted by Crippen LogP contribution is 2.24. The van der Waals surface area contributed by atoms with Gasteiger partial charge >= 0.3 is 0 Å². The van der Waals surface area contributed by atoms with Crippen LogP contribution >= 0.6 is 0 Å². The second kappa shape index (κ2) is 9.51. The molecule has 4 aromatic rings. The Morgan fingerprint density at radius 2 is 0.875 bits per heavy atom. The van der Waals surface area contributed by atoms with E-state index in [-0.39, 0.29) is 0 Å². The van der Waals surface area contributed by atoms with Gasteiger partial charge in [0.1, 0.15) is 16.1 Å². The van der Waals surface area contributed by atoms with Gasteiger partial charge in [-0.1, -0.05) is 86.9 Å². The molecule has 32 heavy (non-hydrogen) atoms. The van der Waals surface area contributed by atoms with Crippen LogP contribution in [0.2, 0.25) is 38.3 Å². The Kier molecular flexibility index (Phi) is 6.72. The van der Waals surface area contributed by atoms with Crippen LogP contribution in [0, 0.1) is 0 Å². The molecule has 0 aliphatic heterocycles. The minimum absolute atomic E-state index is 0.861. The molecule has 0 N–H and O–H groups in total. The maximum absolute atomic E-state index is 6.36. The molecule has 0 bridgehead atoms. The first-order valence-electron chi connectivity index (χ1n) is 11.6. The molecule has 0 aliphatic rings. The smallest absolute Gasteiger partial charge is 0.168 e. The Labute approximate surface area is 194 Å². The number of furan rings is 2. The van der Waals surface area contributed by atoms with Crippen molar-refractivity contribution in [2.24, 2.45) is 0 Å². The molecule has 2 nitrogen and oxygen atoms in total. The lowest BCUT2D eigenvalue weighted by Gasteiger charge is -2.19. The van der Waals surface area contributed by atoms with Crippen LogP contribution in [-0.2, 0) is 12.8 Å². The van der Waals surface area contributed by atoms with Gasteiger partial charge in [-0.3, -0.25) is 0 Å². The molecule has 4 rings (SSSR count). The van der Waals surface area contributed by atoms with Crippen molar-refractivity contribution in [2.75, 3.05) is 0 Å². The first-order valence-corrected chi connectivity index (χ1v) is 18.0. The van der Waals surface area contributed by atoms with E-state index in [1.807, 2.05) is 0 Å². The van der Waals surface area contributed by atoms with Crippen LogP contribution in [0.4, 0.5) is 0 Å². The van der Waals surface area contributed by atoms with E-state index >= 15 is 0 Å². The summed E-state index contributed by atoms with van der Waals surface area (Å²) >= 11 is 0. The summed E-state index contributed by atoms with van der Waals surface area (Å²) < 4.78 is 12.7. The van der Waals surface area contributed by atoms with Gasteiger partial charge in [0.25, 0.3) is 0 Å². The van der Waals surface area contributed by atoms with E-state index in [0.29, 0.717) is 0 Å². The summed E-state index contributed by atoms with van der Waals surface area (Å²) in [4.78, 5) is 0. The summed E-state index contributed by atoms with van der Waals surface area (Å²) in [6.45, 7) is 9.58. The van der Waals surface area contributed by atoms with Gasteiger partial charge in [-0.25, -0.2) is 0 Å². The molecule has 2 heterocycles. The van der Waals surface area contributed by atoms with Crippen molar-refractivity contribution in [2.45, 2.75) is 51.1 Å². The first-order chi connectivity index (χ1) is 15.3. The molecule has 0 spiro atoms. The van der Waals surface area contributed by atoms with E-state index in [9.17, 15) is 0 Å². The number of benzene rings is 2. The number of aryl methyl sites for hydroxylation is 2. The molecule has 0 saturated carbocycles. The number of hydrogen-bond acceptors (Lipinski definition) is 2. The topological polar surface area (TPSA) is 26.3 Å². The third kappa shape index (κ3) is 5.43. The van der Waals surface area contributed by atoms with Crippen molar-refractivity contribution >= 4 is 26.9 Å². The second-order valence-corrected chi connectivity index (χ2v) is 19.6. The minimum atomic E-state index is -1.65. The Hall–Kier alpha value is -2.57. The monoisotopic (exact) mass is 458 g/mol. The van der Waals surface area contributed by atoms with E-state index in [2.05, 4.69) is 111 Å². The maximum Gasteiger partial charge on any atom is 0.168 e. The van der Waals surface area contributed by atoms with Gasteiger partial charge in [-0.05, 0) is 60.3 Å². The standard InChI is InChI=1S/C28H34O2Si2/c1-31(2,21-19-23-11-7-5-8-12-23)27-17-15-25(29-27)26-16-18-28(30-26)32(3,4)22-20-24-13-9-6-10-14-24/h5-18H,19-22H2,1-4H3. The minimum Gasteiger partial charge on any atom is -0.463 e. The normalized spacial score (nSPS) is 12.2. The van der Waals surface area contributed by atoms with Gasteiger partial charge in [0, 0.05) is 0 Å². The molecule has 0 aliphatic carbocycles. The molecule has 2 aromatic carbocycles. The molecular weight excluding hydrogens is 424 g/mol. The predicted octanol–water partition coefficient (Wildman–Crippen LogP) is 6.86. The highest BCUT2D eigenvalue weighted by Gasteiger charge is 2.30. The lowest BCUT2D eigenvalue weighted by Crippen LogP contribution is -2.40. The third-order valence-corrected chi connectivity index (χ3v) is 12.8. The van der Waals surface area contributed by atoms with E-state index in [1.165, 1.54) is 23.2 Å². The summed E-state index contributed by atoms with van der Waals surface area (Å²) in [5.41, 5.74) is 2.80. The summed E-state index contributed by atoms with van der Waals surface area (Å²) in [6, 6.07) is 32.4.